The van der Waals surface area contributed by atoms with E-state index in [1.54, 1.807) is 24.0 Å². The van der Waals surface area contributed by atoms with Crippen molar-refractivity contribution in [1.29, 1.82) is 0 Å². The maximum Gasteiger partial charge on any atom is 0.343 e. The van der Waals surface area contributed by atoms with Gasteiger partial charge in [0.15, 0.2) is 12.4 Å². The van der Waals surface area contributed by atoms with Gasteiger partial charge in [0.25, 0.3) is 0 Å². The van der Waals surface area contributed by atoms with Gasteiger partial charge in [0, 0.05) is 13.2 Å². The minimum Gasteiger partial charge on any atom is -0.481 e. The molecule has 0 radical (unpaired) electrons. The Morgan fingerprint density at radius 3 is 2.46 bits per heavy atom. The van der Waals surface area contributed by atoms with E-state index >= 15 is 0 Å². The average Bonchev–Trinajstić information content (AvgIpc) is 2.98. The van der Waals surface area contributed by atoms with E-state index in [1.807, 2.05) is 26.0 Å². The quantitative estimate of drug-likeness (QED) is 0.463. The van der Waals surface area contributed by atoms with Gasteiger partial charge >= 0.3 is 5.97 Å². The Morgan fingerprint density at radius 2 is 1.92 bits per heavy atom. The van der Waals surface area contributed by atoms with Crippen LogP contribution in [0.3, 0.4) is 0 Å². The summed E-state index contributed by atoms with van der Waals surface area (Å²) in [5, 5.41) is 3.98. The molecule has 0 bridgehead atoms. The van der Waals surface area contributed by atoms with E-state index < -0.39 is 5.97 Å². The van der Waals surface area contributed by atoms with Gasteiger partial charge in [-0.3, -0.25) is 9.48 Å². The normalized spacial score (nSPS) is 10.8. The molecule has 6 heteroatoms. The standard InChI is InChI=1S/C18H20N2O4/c1-12-7-14(5-6-16(21)15-9-19-20(3)10-15)8-13(2)18(12)24-11-17(22)23-4/h5-10H,11H2,1-4H3/b6-5-. The zero-order valence-corrected chi connectivity index (χ0v) is 14.2. The molecule has 0 saturated heterocycles. The number of hydrogen-bond donors (Lipinski definition) is 0. The highest BCUT2D eigenvalue weighted by atomic mass is 16.6. The molecule has 0 spiro atoms. The van der Waals surface area contributed by atoms with Gasteiger partial charge < -0.3 is 9.47 Å². The van der Waals surface area contributed by atoms with Gasteiger partial charge in [-0.25, -0.2) is 4.79 Å². The summed E-state index contributed by atoms with van der Waals surface area (Å²) in [7, 11) is 3.08. The van der Waals surface area contributed by atoms with Gasteiger partial charge in [-0.1, -0.05) is 6.08 Å². The molecule has 6 nitrogen and oxygen atoms in total. The molecule has 0 fully saturated rings. The van der Waals surface area contributed by atoms with E-state index in [0.29, 0.717) is 11.3 Å². The summed E-state index contributed by atoms with van der Waals surface area (Å²) < 4.78 is 11.6. The van der Waals surface area contributed by atoms with Crippen LogP contribution in [-0.4, -0.2) is 35.2 Å². The minimum atomic E-state index is -0.431. The Bertz CT molecular complexity index is 767. The minimum absolute atomic E-state index is 0.107. The Morgan fingerprint density at radius 1 is 1.25 bits per heavy atom. The summed E-state index contributed by atoms with van der Waals surface area (Å²) in [5.41, 5.74) is 3.19. The number of aromatic nitrogens is 2. The zero-order chi connectivity index (χ0) is 17.7. The second-order valence-electron chi connectivity index (χ2n) is 5.45. The number of carbonyl (C=O) groups is 2. The average molecular weight is 328 g/mol. The van der Waals surface area contributed by atoms with Crippen molar-refractivity contribution in [3.63, 3.8) is 0 Å². The van der Waals surface area contributed by atoms with Crippen molar-refractivity contribution in [2.45, 2.75) is 13.8 Å². The van der Waals surface area contributed by atoms with E-state index in [4.69, 9.17) is 4.74 Å². The van der Waals surface area contributed by atoms with Crippen molar-refractivity contribution in [2.24, 2.45) is 7.05 Å². The lowest BCUT2D eigenvalue weighted by molar-refractivity contribution is -0.142. The number of nitrogens with zero attached hydrogens (tertiary/aromatic N) is 2. The third-order valence-corrected chi connectivity index (χ3v) is 3.46. The third-order valence-electron chi connectivity index (χ3n) is 3.46. The van der Waals surface area contributed by atoms with Crippen LogP contribution in [0.25, 0.3) is 6.08 Å². The first kappa shape index (κ1) is 17.5. The number of methoxy groups -OCH3 is 1. The van der Waals surface area contributed by atoms with E-state index in [9.17, 15) is 9.59 Å². The fourth-order valence-electron chi connectivity index (χ4n) is 2.31. The molecule has 24 heavy (non-hydrogen) atoms. The Hall–Kier alpha value is -2.89. The number of ketones is 1. The number of allylic oxidation sites excluding steroid dienone is 1. The molecular weight excluding hydrogens is 308 g/mol. The predicted molar refractivity (Wildman–Crippen MR) is 90.0 cm³/mol. The Labute approximate surface area is 140 Å². The molecule has 0 atom stereocenters. The van der Waals surface area contributed by atoms with E-state index in [0.717, 1.165) is 16.7 Å². The molecule has 0 amide bonds. The predicted octanol–water partition coefficient (Wildman–Crippen LogP) is 2.48. The number of hydrogen-bond acceptors (Lipinski definition) is 5. The summed E-state index contributed by atoms with van der Waals surface area (Å²) in [6, 6.07) is 3.79. The van der Waals surface area contributed by atoms with Crippen LogP contribution in [0.5, 0.6) is 5.75 Å². The van der Waals surface area contributed by atoms with Crippen LogP contribution in [0.15, 0.2) is 30.6 Å². The molecule has 0 N–H and O–H groups in total. The van der Waals surface area contributed by atoms with Crippen LogP contribution in [0.2, 0.25) is 0 Å². The van der Waals surface area contributed by atoms with Crippen molar-refractivity contribution >= 4 is 17.8 Å². The number of rotatable bonds is 6. The van der Waals surface area contributed by atoms with E-state index in [1.165, 1.54) is 19.4 Å². The highest BCUT2D eigenvalue weighted by Gasteiger charge is 2.09. The molecule has 0 aliphatic heterocycles. The van der Waals surface area contributed by atoms with Gasteiger partial charge in [-0.05, 0) is 48.7 Å². The second kappa shape index (κ2) is 7.59. The largest absolute Gasteiger partial charge is 0.481 e. The van der Waals surface area contributed by atoms with E-state index in [2.05, 4.69) is 9.84 Å². The van der Waals surface area contributed by atoms with E-state index in [-0.39, 0.29) is 12.4 Å². The lowest BCUT2D eigenvalue weighted by atomic mass is 10.0. The van der Waals surface area contributed by atoms with Crippen LogP contribution in [0.4, 0.5) is 0 Å². The van der Waals surface area contributed by atoms with Crippen LogP contribution in [0.1, 0.15) is 27.0 Å². The van der Waals surface area contributed by atoms with Crippen molar-refractivity contribution in [3.8, 4) is 5.75 Å². The summed E-state index contributed by atoms with van der Waals surface area (Å²) in [6.07, 6.45) is 6.47. The lowest BCUT2D eigenvalue weighted by Crippen LogP contribution is -2.13. The molecule has 2 aromatic rings. The summed E-state index contributed by atoms with van der Waals surface area (Å²) in [5.74, 6) is 0.111. The third kappa shape index (κ3) is 4.32. The summed E-state index contributed by atoms with van der Waals surface area (Å²) in [4.78, 5) is 23.2. The fourth-order valence-corrected chi connectivity index (χ4v) is 2.31. The maximum atomic E-state index is 12.1. The Balaban J connectivity index is 2.13. The number of benzene rings is 1. The SMILES string of the molecule is COC(=O)COc1c(C)cc(/C=C\C(=O)c2cnn(C)c2)cc1C. The van der Waals surface area contributed by atoms with Crippen molar-refractivity contribution in [1.82, 2.24) is 9.78 Å². The first-order valence-corrected chi connectivity index (χ1v) is 7.42. The first-order valence-electron chi connectivity index (χ1n) is 7.42. The fraction of sp³-hybridized carbons (Fsp3) is 0.278. The second-order valence-corrected chi connectivity index (χ2v) is 5.45. The van der Waals surface area contributed by atoms with Gasteiger partial charge in [0.1, 0.15) is 5.75 Å². The van der Waals surface area contributed by atoms with Crippen molar-refractivity contribution < 1.29 is 19.1 Å². The number of aryl methyl sites for hydroxylation is 3. The maximum absolute atomic E-state index is 12.1. The van der Waals surface area contributed by atoms with Crippen LogP contribution in [-0.2, 0) is 16.6 Å². The molecule has 0 unspecified atom stereocenters. The summed E-state index contributed by atoms with van der Waals surface area (Å²) in [6.45, 7) is 3.65. The van der Waals surface area contributed by atoms with Gasteiger partial charge in [0.05, 0.1) is 18.9 Å². The summed E-state index contributed by atoms with van der Waals surface area (Å²) >= 11 is 0. The smallest absolute Gasteiger partial charge is 0.343 e. The van der Waals surface area contributed by atoms with Gasteiger partial charge in [-0.2, -0.15) is 5.10 Å². The molecule has 1 aromatic carbocycles. The molecule has 1 heterocycles. The van der Waals surface area contributed by atoms with Crippen molar-refractivity contribution in [2.75, 3.05) is 13.7 Å². The topological polar surface area (TPSA) is 70.4 Å². The molecule has 0 saturated carbocycles. The first-order chi connectivity index (χ1) is 11.4. The lowest BCUT2D eigenvalue weighted by Gasteiger charge is -2.12. The van der Waals surface area contributed by atoms with Gasteiger partial charge in [0.2, 0.25) is 0 Å². The van der Waals surface area contributed by atoms with Crippen LogP contribution < -0.4 is 4.74 Å². The van der Waals surface area contributed by atoms with Crippen LogP contribution in [0, 0.1) is 13.8 Å². The molecule has 1 aromatic heterocycles. The zero-order valence-electron chi connectivity index (χ0n) is 14.2. The number of esters is 1. The number of carbonyl (C=O) groups excluding carboxylic acids is 2. The van der Waals surface area contributed by atoms with Gasteiger partial charge in [-0.15, -0.1) is 0 Å². The van der Waals surface area contributed by atoms with Crippen LogP contribution >= 0.6 is 0 Å². The molecule has 2 rings (SSSR count). The molecule has 126 valence electrons. The highest BCUT2D eigenvalue weighted by molar-refractivity contribution is 6.06. The Kier molecular flexibility index (Phi) is 5.52. The molecule has 0 aliphatic rings. The molecular formula is C18H20N2O4. The number of ether oxygens (including phenoxy) is 2. The monoisotopic (exact) mass is 328 g/mol. The highest BCUT2D eigenvalue weighted by Crippen LogP contribution is 2.25. The molecule has 0 aliphatic carbocycles. The van der Waals surface area contributed by atoms with Crippen molar-refractivity contribution in [3.05, 3.63) is 52.9 Å².